The van der Waals surface area contributed by atoms with Crippen LogP contribution >= 0.6 is 45.2 Å². The fraction of sp³-hybridized carbons (Fsp3) is 0.143. The van der Waals surface area contributed by atoms with Crippen molar-refractivity contribution >= 4 is 45.2 Å². The zero-order valence-corrected chi connectivity index (χ0v) is 13.1. The third-order valence-corrected chi connectivity index (χ3v) is 5.34. The quantitative estimate of drug-likeness (QED) is 0.423. The van der Waals surface area contributed by atoms with Crippen LogP contribution in [-0.4, -0.2) is 0 Å². The Kier molecular flexibility index (Phi) is 2.33. The first kappa shape index (κ1) is 10.8. The lowest BCUT2D eigenvalue weighted by Gasteiger charge is -2.18. The van der Waals surface area contributed by atoms with Gasteiger partial charge < -0.3 is 4.74 Å². The molecule has 0 bridgehead atoms. The molecule has 3 heteroatoms. The van der Waals surface area contributed by atoms with Gasteiger partial charge >= 0.3 is 0 Å². The average Bonchev–Trinajstić information content (AvgIpc) is 3.09. The van der Waals surface area contributed by atoms with Crippen LogP contribution in [0.25, 0.3) is 11.1 Å². The van der Waals surface area contributed by atoms with Gasteiger partial charge in [-0.3, -0.25) is 0 Å². The first-order valence-corrected chi connectivity index (χ1v) is 7.66. The van der Waals surface area contributed by atoms with Crippen molar-refractivity contribution in [1.29, 1.82) is 0 Å². The lowest BCUT2D eigenvalue weighted by Crippen LogP contribution is -2.02. The molecule has 1 nitrogen and oxygen atoms in total. The minimum atomic E-state index is 0.293. The van der Waals surface area contributed by atoms with E-state index in [2.05, 4.69) is 81.6 Å². The molecule has 0 spiro atoms. The highest BCUT2D eigenvalue weighted by atomic mass is 127. The van der Waals surface area contributed by atoms with Gasteiger partial charge in [-0.2, -0.15) is 0 Å². The predicted molar refractivity (Wildman–Crippen MR) is 83.9 cm³/mol. The Morgan fingerprint density at radius 3 is 1.71 bits per heavy atom. The number of hydrogen-bond donors (Lipinski definition) is 0. The molecule has 1 heterocycles. The third kappa shape index (κ3) is 1.45. The molecule has 0 radical (unpaired) electrons. The molecule has 0 N–H and O–H groups in total. The van der Waals surface area contributed by atoms with Crippen molar-refractivity contribution in [3.05, 3.63) is 54.7 Å². The maximum atomic E-state index is 5.88. The Morgan fingerprint density at radius 2 is 1.24 bits per heavy atom. The molecule has 1 aliphatic carbocycles. The topological polar surface area (TPSA) is 12.5 Å². The minimum Gasteiger partial charge on any atom is -0.359 e. The van der Waals surface area contributed by atoms with Crippen molar-refractivity contribution < 1.29 is 4.74 Å². The molecule has 1 fully saturated rings. The Balaban J connectivity index is 2.10. The summed E-state index contributed by atoms with van der Waals surface area (Å²) in [7, 11) is 0. The minimum absolute atomic E-state index is 0.293. The Hall–Kier alpha value is -0.140. The van der Waals surface area contributed by atoms with Crippen molar-refractivity contribution in [3.8, 4) is 11.1 Å². The summed E-state index contributed by atoms with van der Waals surface area (Å²) in [6, 6.07) is 13.0. The molecule has 1 saturated heterocycles. The van der Waals surface area contributed by atoms with E-state index < -0.39 is 0 Å². The number of hydrogen-bond acceptors (Lipinski definition) is 1. The molecule has 2 aromatic carbocycles. The lowest BCUT2D eigenvalue weighted by molar-refractivity contribution is 0.379. The van der Waals surface area contributed by atoms with Crippen LogP contribution in [0.3, 0.4) is 0 Å². The highest BCUT2D eigenvalue weighted by molar-refractivity contribution is 14.1. The average molecular weight is 446 g/mol. The summed E-state index contributed by atoms with van der Waals surface area (Å²) in [5.74, 6) is 0. The number of fused-ring (bicyclic) bond motifs is 6. The molecule has 84 valence electrons. The van der Waals surface area contributed by atoms with Gasteiger partial charge in [-0.05, 0) is 68.4 Å². The molecule has 0 aromatic heterocycles. The monoisotopic (exact) mass is 446 g/mol. The summed E-state index contributed by atoms with van der Waals surface area (Å²) in [6.45, 7) is 0. The van der Waals surface area contributed by atoms with Crippen molar-refractivity contribution in [3.63, 3.8) is 0 Å². The van der Waals surface area contributed by atoms with Crippen LogP contribution in [0.2, 0.25) is 0 Å². The van der Waals surface area contributed by atoms with Crippen molar-refractivity contribution in [2.24, 2.45) is 0 Å². The second-order valence-corrected chi connectivity index (χ2v) is 6.70. The second-order valence-electron chi connectivity index (χ2n) is 4.38. The van der Waals surface area contributed by atoms with E-state index in [-0.39, 0.29) is 0 Å². The SMILES string of the molecule is Ic1cccc2c1C1OC1c1c(I)cccc1-2. The molecular weight excluding hydrogens is 438 g/mol. The largest absolute Gasteiger partial charge is 0.359 e. The summed E-state index contributed by atoms with van der Waals surface area (Å²) in [4.78, 5) is 0. The first-order chi connectivity index (χ1) is 8.27. The summed E-state index contributed by atoms with van der Waals surface area (Å²) in [5, 5.41) is 0. The third-order valence-electron chi connectivity index (χ3n) is 3.46. The highest BCUT2D eigenvalue weighted by Gasteiger charge is 2.49. The maximum Gasteiger partial charge on any atom is 0.115 e. The van der Waals surface area contributed by atoms with Gasteiger partial charge in [-0.1, -0.05) is 24.3 Å². The lowest BCUT2D eigenvalue weighted by atomic mass is 9.86. The van der Waals surface area contributed by atoms with Gasteiger partial charge in [-0.15, -0.1) is 0 Å². The second kappa shape index (κ2) is 3.68. The first-order valence-electron chi connectivity index (χ1n) is 5.50. The van der Waals surface area contributed by atoms with Crippen LogP contribution in [0, 0.1) is 7.14 Å². The molecule has 2 aromatic rings. The predicted octanol–water partition coefficient (Wildman–Crippen LogP) is 4.69. The van der Waals surface area contributed by atoms with Crippen molar-refractivity contribution in [2.45, 2.75) is 12.2 Å². The molecule has 1 aliphatic heterocycles. The Labute approximate surface area is 127 Å². The van der Waals surface area contributed by atoms with Crippen molar-refractivity contribution in [2.75, 3.05) is 0 Å². The number of ether oxygens (including phenoxy) is 1. The molecule has 0 amide bonds. The maximum absolute atomic E-state index is 5.88. The van der Waals surface area contributed by atoms with Gasteiger partial charge in [0.25, 0.3) is 0 Å². The zero-order valence-electron chi connectivity index (χ0n) is 8.78. The van der Waals surface area contributed by atoms with E-state index in [1.807, 2.05) is 0 Å². The van der Waals surface area contributed by atoms with E-state index in [1.165, 1.54) is 29.4 Å². The molecular formula is C14H8I2O. The smallest absolute Gasteiger partial charge is 0.115 e. The van der Waals surface area contributed by atoms with Crippen LogP contribution in [0.1, 0.15) is 23.3 Å². The van der Waals surface area contributed by atoms with Gasteiger partial charge in [-0.25, -0.2) is 0 Å². The van der Waals surface area contributed by atoms with Gasteiger partial charge in [0.2, 0.25) is 0 Å². The zero-order chi connectivity index (χ0) is 11.6. The van der Waals surface area contributed by atoms with E-state index in [0.29, 0.717) is 12.2 Å². The highest BCUT2D eigenvalue weighted by Crippen LogP contribution is 2.60. The fourth-order valence-electron chi connectivity index (χ4n) is 2.67. The summed E-state index contributed by atoms with van der Waals surface area (Å²) >= 11 is 4.82. The van der Waals surface area contributed by atoms with Crippen LogP contribution in [0.5, 0.6) is 0 Å². The summed E-state index contributed by atoms with van der Waals surface area (Å²) in [6.07, 6.45) is 0.586. The van der Waals surface area contributed by atoms with E-state index in [9.17, 15) is 0 Å². The standard InChI is InChI=1S/C14H8I2O/c15-9-5-1-3-7-8-4-2-6-10(16)12(8)14-13(17-14)11(7)9/h1-6,13-14H. The van der Waals surface area contributed by atoms with E-state index in [1.54, 1.807) is 0 Å². The number of benzene rings is 2. The van der Waals surface area contributed by atoms with E-state index in [4.69, 9.17) is 4.74 Å². The van der Waals surface area contributed by atoms with Crippen LogP contribution in [0.15, 0.2) is 36.4 Å². The fourth-order valence-corrected chi connectivity index (χ4v) is 4.28. The molecule has 2 aliphatic rings. The molecule has 2 unspecified atom stereocenters. The molecule has 4 rings (SSSR count). The Morgan fingerprint density at radius 1 is 0.765 bits per heavy atom. The van der Waals surface area contributed by atoms with Crippen LogP contribution < -0.4 is 0 Å². The van der Waals surface area contributed by atoms with Gasteiger partial charge in [0.1, 0.15) is 12.2 Å². The van der Waals surface area contributed by atoms with Crippen molar-refractivity contribution in [1.82, 2.24) is 0 Å². The van der Waals surface area contributed by atoms with Gasteiger partial charge in [0.15, 0.2) is 0 Å². The molecule has 17 heavy (non-hydrogen) atoms. The van der Waals surface area contributed by atoms with E-state index >= 15 is 0 Å². The van der Waals surface area contributed by atoms with Gasteiger partial charge in [0.05, 0.1) is 0 Å². The summed E-state index contributed by atoms with van der Waals surface area (Å²) < 4.78 is 8.52. The van der Waals surface area contributed by atoms with Crippen LogP contribution in [-0.2, 0) is 4.74 Å². The Bertz CT molecular complexity index is 581. The normalized spacial score (nSPS) is 23.6. The number of halogens is 2. The summed E-state index contributed by atoms with van der Waals surface area (Å²) in [5.41, 5.74) is 5.47. The number of epoxide rings is 1. The molecule has 2 atom stereocenters. The van der Waals surface area contributed by atoms with Gasteiger partial charge in [0, 0.05) is 18.3 Å². The molecule has 0 saturated carbocycles. The van der Waals surface area contributed by atoms with Crippen LogP contribution in [0.4, 0.5) is 0 Å². The van der Waals surface area contributed by atoms with E-state index in [0.717, 1.165) is 0 Å². The number of rotatable bonds is 0.